The van der Waals surface area contributed by atoms with Gasteiger partial charge in [0.05, 0.1) is 6.21 Å². The van der Waals surface area contributed by atoms with E-state index in [4.69, 9.17) is 0 Å². The molecule has 1 amide bonds. The van der Waals surface area contributed by atoms with Crippen molar-refractivity contribution in [3.63, 3.8) is 0 Å². The highest BCUT2D eigenvalue weighted by Crippen LogP contribution is 1.97. The van der Waals surface area contributed by atoms with E-state index in [1.54, 1.807) is 24.5 Å². The Hall–Kier alpha value is -2.50. The molecule has 0 bridgehead atoms. The predicted molar refractivity (Wildman–Crippen MR) is 62.6 cm³/mol. The molecule has 0 aliphatic rings. The van der Waals surface area contributed by atoms with Crippen LogP contribution >= 0.6 is 0 Å². The molecule has 0 aliphatic heterocycles. The number of aryl methyl sites for hydroxylation is 1. The van der Waals surface area contributed by atoms with Crippen molar-refractivity contribution in [2.75, 3.05) is 0 Å². The van der Waals surface area contributed by atoms with Gasteiger partial charge >= 0.3 is 0 Å². The van der Waals surface area contributed by atoms with Crippen molar-refractivity contribution >= 4 is 12.1 Å². The van der Waals surface area contributed by atoms with Gasteiger partial charge in [-0.15, -0.1) is 0 Å². The fourth-order valence-electron chi connectivity index (χ4n) is 1.21. The molecule has 2 heterocycles. The first-order valence-corrected chi connectivity index (χ1v) is 5.01. The molecule has 2 aromatic rings. The molecule has 0 spiro atoms. The maximum atomic E-state index is 11.5. The van der Waals surface area contributed by atoms with E-state index in [2.05, 4.69) is 25.7 Å². The van der Waals surface area contributed by atoms with Gasteiger partial charge in [-0.2, -0.15) is 10.2 Å². The highest BCUT2D eigenvalue weighted by Gasteiger charge is 2.06. The minimum Gasteiger partial charge on any atom is -0.282 e. The Balaban J connectivity index is 1.95. The molecule has 2 N–H and O–H groups in total. The van der Waals surface area contributed by atoms with E-state index in [0.29, 0.717) is 5.69 Å². The van der Waals surface area contributed by atoms with Crippen LogP contribution in [0.25, 0.3) is 0 Å². The summed E-state index contributed by atoms with van der Waals surface area (Å²) in [5.74, 6) is -0.352. The van der Waals surface area contributed by atoms with Crippen molar-refractivity contribution in [2.24, 2.45) is 5.10 Å². The maximum absolute atomic E-state index is 11.5. The number of carbonyl (C=O) groups is 1. The van der Waals surface area contributed by atoms with Gasteiger partial charge in [-0.1, -0.05) is 6.07 Å². The lowest BCUT2D eigenvalue weighted by Crippen LogP contribution is -2.18. The van der Waals surface area contributed by atoms with Gasteiger partial charge in [0.25, 0.3) is 5.91 Å². The first kappa shape index (κ1) is 11.0. The minimum atomic E-state index is -0.352. The smallest absolute Gasteiger partial charge is 0.282 e. The third-order valence-corrected chi connectivity index (χ3v) is 2.00. The second kappa shape index (κ2) is 5.02. The molecule has 0 aliphatic carbocycles. The van der Waals surface area contributed by atoms with E-state index in [-0.39, 0.29) is 5.91 Å². The van der Waals surface area contributed by atoms with Gasteiger partial charge in [0.15, 0.2) is 5.69 Å². The molecule has 0 aromatic carbocycles. The monoisotopic (exact) mass is 229 g/mol. The van der Waals surface area contributed by atoms with Crippen LogP contribution in [0.3, 0.4) is 0 Å². The Bertz CT molecular complexity index is 532. The zero-order valence-corrected chi connectivity index (χ0v) is 9.21. The molecule has 6 nitrogen and oxygen atoms in total. The Morgan fingerprint density at radius 2 is 2.47 bits per heavy atom. The number of rotatable bonds is 3. The van der Waals surface area contributed by atoms with Crippen LogP contribution in [0.1, 0.15) is 21.7 Å². The van der Waals surface area contributed by atoms with E-state index in [0.717, 1.165) is 11.3 Å². The quantitative estimate of drug-likeness (QED) is 0.605. The number of hydrogen-bond acceptors (Lipinski definition) is 4. The standard InChI is InChI=1S/C11H11N5O/c1-8-5-10(15-14-8)11(17)16-13-7-9-3-2-4-12-6-9/h2-7H,1H3,(H,14,15)(H,16,17). The molecule has 0 radical (unpaired) electrons. The first-order valence-electron chi connectivity index (χ1n) is 5.01. The van der Waals surface area contributed by atoms with Crippen LogP contribution in [0.5, 0.6) is 0 Å². The largest absolute Gasteiger partial charge is 0.291 e. The second-order valence-corrected chi connectivity index (χ2v) is 3.42. The molecule has 0 fully saturated rings. The topological polar surface area (TPSA) is 83.0 Å². The number of nitrogens with one attached hydrogen (secondary N) is 2. The average Bonchev–Trinajstić information content (AvgIpc) is 2.77. The van der Waals surface area contributed by atoms with Gasteiger partial charge in [-0.25, -0.2) is 5.43 Å². The lowest BCUT2D eigenvalue weighted by molar-refractivity contribution is 0.0950. The molecule has 2 aromatic heterocycles. The summed E-state index contributed by atoms with van der Waals surface area (Å²) in [6.07, 6.45) is 4.83. The number of aromatic amines is 1. The first-order chi connectivity index (χ1) is 8.25. The molecule has 86 valence electrons. The summed E-state index contributed by atoms with van der Waals surface area (Å²) in [6.45, 7) is 1.82. The van der Waals surface area contributed by atoms with Gasteiger partial charge in [0.2, 0.25) is 0 Å². The van der Waals surface area contributed by atoms with E-state index in [9.17, 15) is 4.79 Å². The molecule has 6 heteroatoms. The van der Waals surface area contributed by atoms with Crippen molar-refractivity contribution in [3.05, 3.63) is 47.5 Å². The lowest BCUT2D eigenvalue weighted by atomic mass is 10.3. The highest BCUT2D eigenvalue weighted by molar-refractivity contribution is 5.93. The molecule has 0 saturated carbocycles. The summed E-state index contributed by atoms with van der Waals surface area (Å²) in [7, 11) is 0. The summed E-state index contributed by atoms with van der Waals surface area (Å²) in [4.78, 5) is 15.4. The Morgan fingerprint density at radius 1 is 1.59 bits per heavy atom. The van der Waals surface area contributed by atoms with Crippen LogP contribution in [0.15, 0.2) is 35.7 Å². The average molecular weight is 229 g/mol. The van der Waals surface area contributed by atoms with Crippen molar-refractivity contribution in [3.8, 4) is 0 Å². The molecular formula is C11H11N5O. The van der Waals surface area contributed by atoms with Crippen LogP contribution in [0.4, 0.5) is 0 Å². The van der Waals surface area contributed by atoms with E-state index in [1.165, 1.54) is 6.21 Å². The number of amides is 1. The minimum absolute atomic E-state index is 0.311. The second-order valence-electron chi connectivity index (χ2n) is 3.42. The zero-order chi connectivity index (χ0) is 12.1. The van der Waals surface area contributed by atoms with Crippen molar-refractivity contribution in [2.45, 2.75) is 6.92 Å². The summed E-state index contributed by atoms with van der Waals surface area (Å²) >= 11 is 0. The number of carbonyl (C=O) groups excluding carboxylic acids is 1. The summed E-state index contributed by atoms with van der Waals surface area (Å²) in [5, 5.41) is 10.3. The van der Waals surface area contributed by atoms with Gasteiger partial charge in [-0.05, 0) is 19.1 Å². The maximum Gasteiger partial charge on any atom is 0.291 e. The predicted octanol–water partition coefficient (Wildman–Crippen LogP) is 0.877. The SMILES string of the molecule is Cc1cc(C(=O)NN=Cc2cccnc2)n[nH]1. The van der Waals surface area contributed by atoms with E-state index in [1.807, 2.05) is 13.0 Å². The van der Waals surface area contributed by atoms with E-state index < -0.39 is 0 Å². The van der Waals surface area contributed by atoms with Crippen molar-refractivity contribution in [1.29, 1.82) is 0 Å². The molecule has 17 heavy (non-hydrogen) atoms. The number of nitrogens with zero attached hydrogens (tertiary/aromatic N) is 3. The Labute approximate surface area is 97.8 Å². The molecule has 0 unspecified atom stereocenters. The molecule has 2 rings (SSSR count). The number of aromatic nitrogens is 3. The number of hydrogen-bond donors (Lipinski definition) is 2. The Kier molecular flexibility index (Phi) is 3.25. The summed E-state index contributed by atoms with van der Waals surface area (Å²) in [5.41, 5.74) is 4.33. The highest BCUT2D eigenvalue weighted by atomic mass is 16.2. The molecule has 0 saturated heterocycles. The summed E-state index contributed by atoms with van der Waals surface area (Å²) in [6, 6.07) is 5.27. The van der Waals surface area contributed by atoms with Crippen LogP contribution < -0.4 is 5.43 Å². The van der Waals surface area contributed by atoms with Gasteiger partial charge in [-0.3, -0.25) is 14.9 Å². The third-order valence-electron chi connectivity index (χ3n) is 2.00. The van der Waals surface area contributed by atoms with Crippen LogP contribution in [-0.4, -0.2) is 27.3 Å². The van der Waals surface area contributed by atoms with Gasteiger partial charge in [0, 0.05) is 23.7 Å². The molecule has 0 atom stereocenters. The summed E-state index contributed by atoms with van der Waals surface area (Å²) < 4.78 is 0. The van der Waals surface area contributed by atoms with Gasteiger partial charge < -0.3 is 0 Å². The fourth-order valence-corrected chi connectivity index (χ4v) is 1.21. The normalized spacial score (nSPS) is 10.6. The van der Waals surface area contributed by atoms with Crippen LogP contribution in [0.2, 0.25) is 0 Å². The van der Waals surface area contributed by atoms with Crippen molar-refractivity contribution in [1.82, 2.24) is 20.6 Å². The zero-order valence-electron chi connectivity index (χ0n) is 9.21. The van der Waals surface area contributed by atoms with Crippen LogP contribution in [0, 0.1) is 6.92 Å². The van der Waals surface area contributed by atoms with Gasteiger partial charge in [0.1, 0.15) is 0 Å². The number of pyridine rings is 1. The van der Waals surface area contributed by atoms with E-state index >= 15 is 0 Å². The lowest BCUT2D eigenvalue weighted by Gasteiger charge is -1.94. The number of H-pyrrole nitrogens is 1. The third kappa shape index (κ3) is 2.97. The Morgan fingerprint density at radius 3 is 3.12 bits per heavy atom. The number of hydrazone groups is 1. The van der Waals surface area contributed by atoms with Crippen LogP contribution in [-0.2, 0) is 0 Å². The molecular weight excluding hydrogens is 218 g/mol. The fraction of sp³-hybridized carbons (Fsp3) is 0.0909. The van der Waals surface area contributed by atoms with Crippen molar-refractivity contribution < 1.29 is 4.79 Å².